The molecule has 2 heterocycles. The summed E-state index contributed by atoms with van der Waals surface area (Å²) in [4.78, 5) is 42.6. The molecule has 31 heavy (non-hydrogen) atoms. The minimum Gasteiger partial charge on any atom is -0.376 e. The molecule has 0 spiro atoms. The number of rotatable bonds is 10. The van der Waals surface area contributed by atoms with Crippen molar-refractivity contribution in [2.45, 2.75) is 38.3 Å². The molecule has 2 N–H and O–H groups in total. The molecule has 1 aromatic carbocycles. The molecule has 1 aliphatic heterocycles. The SMILES string of the molecule is O=C(CN(C[C@H]1CCCO1)C(=O)CCC(=O)Nc1nccs1)NCc1ccc(F)cc1. The lowest BCUT2D eigenvalue weighted by Gasteiger charge is -2.25. The van der Waals surface area contributed by atoms with Crippen LogP contribution in [0.3, 0.4) is 0 Å². The zero-order valence-electron chi connectivity index (χ0n) is 17.0. The molecule has 3 amide bonds. The predicted molar refractivity (Wildman–Crippen MR) is 114 cm³/mol. The number of benzene rings is 1. The van der Waals surface area contributed by atoms with Crippen LogP contribution in [0.2, 0.25) is 0 Å². The van der Waals surface area contributed by atoms with Crippen LogP contribution in [0.25, 0.3) is 0 Å². The fourth-order valence-electron chi connectivity index (χ4n) is 3.17. The van der Waals surface area contributed by atoms with E-state index in [1.54, 1.807) is 23.7 Å². The van der Waals surface area contributed by atoms with Gasteiger partial charge >= 0.3 is 0 Å². The number of anilines is 1. The molecular weight excluding hydrogens is 423 g/mol. The van der Waals surface area contributed by atoms with E-state index in [1.165, 1.54) is 28.4 Å². The van der Waals surface area contributed by atoms with Gasteiger partial charge in [0.2, 0.25) is 17.7 Å². The van der Waals surface area contributed by atoms with Crippen molar-refractivity contribution >= 4 is 34.2 Å². The fraction of sp³-hybridized carbons (Fsp3) is 0.429. The van der Waals surface area contributed by atoms with Gasteiger partial charge in [-0.25, -0.2) is 9.37 Å². The van der Waals surface area contributed by atoms with Crippen molar-refractivity contribution in [2.75, 3.05) is 25.0 Å². The molecule has 1 atom stereocenters. The van der Waals surface area contributed by atoms with E-state index in [0.29, 0.717) is 18.3 Å². The molecule has 10 heteroatoms. The second-order valence-corrected chi connectivity index (χ2v) is 8.09. The smallest absolute Gasteiger partial charge is 0.239 e. The van der Waals surface area contributed by atoms with E-state index in [-0.39, 0.29) is 55.6 Å². The molecule has 0 radical (unpaired) electrons. The molecule has 166 valence electrons. The van der Waals surface area contributed by atoms with Crippen molar-refractivity contribution in [3.05, 3.63) is 47.2 Å². The quantitative estimate of drug-likeness (QED) is 0.581. The van der Waals surface area contributed by atoms with E-state index in [1.807, 2.05) is 0 Å². The Bertz CT molecular complexity index is 870. The summed E-state index contributed by atoms with van der Waals surface area (Å²) in [5, 5.41) is 7.61. The van der Waals surface area contributed by atoms with E-state index in [4.69, 9.17) is 4.74 Å². The van der Waals surface area contributed by atoms with Crippen LogP contribution in [0.15, 0.2) is 35.8 Å². The zero-order chi connectivity index (χ0) is 22.1. The minimum atomic E-state index is -0.345. The highest BCUT2D eigenvalue weighted by molar-refractivity contribution is 7.13. The highest BCUT2D eigenvalue weighted by atomic mass is 32.1. The number of amides is 3. The van der Waals surface area contributed by atoms with Gasteiger partial charge in [0.05, 0.1) is 12.6 Å². The van der Waals surface area contributed by atoms with Crippen LogP contribution >= 0.6 is 11.3 Å². The Balaban J connectivity index is 1.50. The lowest BCUT2D eigenvalue weighted by molar-refractivity contribution is -0.138. The molecular formula is C21H25FN4O4S. The average Bonchev–Trinajstić information content (AvgIpc) is 3.45. The molecule has 3 rings (SSSR count). The summed E-state index contributed by atoms with van der Waals surface area (Å²) in [6.45, 7) is 1.04. The van der Waals surface area contributed by atoms with Crippen molar-refractivity contribution in [2.24, 2.45) is 0 Å². The van der Waals surface area contributed by atoms with Crippen molar-refractivity contribution in [3.8, 4) is 0 Å². The van der Waals surface area contributed by atoms with Gasteiger partial charge in [0, 0.05) is 44.1 Å². The summed E-state index contributed by atoms with van der Waals surface area (Å²) in [5.41, 5.74) is 0.755. The molecule has 0 saturated carbocycles. The van der Waals surface area contributed by atoms with Crippen LogP contribution in [0.4, 0.5) is 9.52 Å². The molecule has 1 aromatic heterocycles. The molecule has 1 saturated heterocycles. The van der Waals surface area contributed by atoms with Gasteiger partial charge in [0.25, 0.3) is 0 Å². The van der Waals surface area contributed by atoms with E-state index in [0.717, 1.165) is 18.4 Å². The highest BCUT2D eigenvalue weighted by Crippen LogP contribution is 2.15. The summed E-state index contributed by atoms with van der Waals surface area (Å²) >= 11 is 1.30. The van der Waals surface area contributed by atoms with E-state index in [9.17, 15) is 18.8 Å². The Morgan fingerprint density at radius 3 is 2.68 bits per heavy atom. The van der Waals surface area contributed by atoms with Gasteiger partial charge in [-0.15, -0.1) is 11.3 Å². The number of nitrogens with zero attached hydrogens (tertiary/aromatic N) is 2. The first-order chi connectivity index (χ1) is 15.0. The van der Waals surface area contributed by atoms with Crippen molar-refractivity contribution in [3.63, 3.8) is 0 Å². The normalized spacial score (nSPS) is 15.5. The minimum absolute atomic E-state index is 0.00235. The lowest BCUT2D eigenvalue weighted by atomic mass is 10.2. The fourth-order valence-corrected chi connectivity index (χ4v) is 3.71. The summed E-state index contributed by atoms with van der Waals surface area (Å²) in [6, 6.07) is 5.83. The van der Waals surface area contributed by atoms with Gasteiger partial charge in [-0.1, -0.05) is 12.1 Å². The predicted octanol–water partition coefficient (Wildman–Crippen LogP) is 2.32. The first kappa shape index (κ1) is 22.8. The Morgan fingerprint density at radius 1 is 1.19 bits per heavy atom. The number of hydrogen-bond donors (Lipinski definition) is 2. The molecule has 2 aromatic rings. The van der Waals surface area contributed by atoms with Crippen molar-refractivity contribution in [1.82, 2.24) is 15.2 Å². The number of halogens is 1. The molecule has 1 aliphatic rings. The number of thiazole rings is 1. The van der Waals surface area contributed by atoms with Crippen LogP contribution in [0.1, 0.15) is 31.2 Å². The third-order valence-electron chi connectivity index (χ3n) is 4.78. The second-order valence-electron chi connectivity index (χ2n) is 7.20. The van der Waals surface area contributed by atoms with E-state index in [2.05, 4.69) is 15.6 Å². The van der Waals surface area contributed by atoms with Gasteiger partial charge in [0.1, 0.15) is 5.82 Å². The van der Waals surface area contributed by atoms with Crippen LogP contribution in [0.5, 0.6) is 0 Å². The third kappa shape index (κ3) is 7.72. The van der Waals surface area contributed by atoms with Crippen molar-refractivity contribution < 1.29 is 23.5 Å². The molecule has 0 aliphatic carbocycles. The zero-order valence-corrected chi connectivity index (χ0v) is 17.8. The van der Waals surface area contributed by atoms with Crippen LogP contribution in [-0.4, -0.2) is 53.4 Å². The van der Waals surface area contributed by atoms with Gasteiger partial charge in [0.15, 0.2) is 5.13 Å². The Morgan fingerprint density at radius 2 is 2.00 bits per heavy atom. The van der Waals surface area contributed by atoms with Gasteiger partial charge in [-0.2, -0.15) is 0 Å². The summed E-state index contributed by atoms with van der Waals surface area (Å²) in [7, 11) is 0. The maximum Gasteiger partial charge on any atom is 0.239 e. The number of ether oxygens (including phenoxy) is 1. The maximum absolute atomic E-state index is 13.0. The number of hydrogen-bond acceptors (Lipinski definition) is 6. The van der Waals surface area contributed by atoms with Crippen LogP contribution in [-0.2, 0) is 25.7 Å². The molecule has 8 nitrogen and oxygen atoms in total. The maximum atomic E-state index is 13.0. The van der Waals surface area contributed by atoms with Crippen molar-refractivity contribution in [1.29, 1.82) is 0 Å². The first-order valence-electron chi connectivity index (χ1n) is 10.1. The summed E-state index contributed by atoms with van der Waals surface area (Å²) in [6.07, 6.45) is 3.19. The standard InChI is InChI=1S/C21H25FN4O4S/c22-16-5-3-15(4-6-16)12-24-19(28)14-26(13-17-2-1-10-30-17)20(29)8-7-18(27)25-21-23-9-11-31-21/h3-6,9,11,17H,1-2,7-8,10,12-14H2,(H,24,28)(H,23,25,27)/t17-/m1/s1. The Hall–Kier alpha value is -2.85. The molecule has 0 bridgehead atoms. The molecule has 0 unspecified atom stereocenters. The van der Waals surface area contributed by atoms with E-state index < -0.39 is 0 Å². The lowest BCUT2D eigenvalue weighted by Crippen LogP contribution is -2.44. The Kier molecular flexibility index (Phi) is 8.48. The van der Waals surface area contributed by atoms with Gasteiger partial charge in [-0.3, -0.25) is 14.4 Å². The Labute approximate surface area is 183 Å². The van der Waals surface area contributed by atoms with Crippen LogP contribution in [0, 0.1) is 5.82 Å². The largest absolute Gasteiger partial charge is 0.376 e. The average molecular weight is 449 g/mol. The monoisotopic (exact) mass is 448 g/mol. The highest BCUT2D eigenvalue weighted by Gasteiger charge is 2.24. The number of carbonyl (C=O) groups excluding carboxylic acids is 3. The summed E-state index contributed by atoms with van der Waals surface area (Å²) < 4.78 is 18.6. The van der Waals surface area contributed by atoms with Gasteiger partial charge < -0.3 is 20.3 Å². The number of aromatic nitrogens is 1. The number of carbonyl (C=O) groups is 3. The first-order valence-corrected chi connectivity index (χ1v) is 11.0. The third-order valence-corrected chi connectivity index (χ3v) is 5.47. The van der Waals surface area contributed by atoms with Gasteiger partial charge in [-0.05, 0) is 30.5 Å². The van der Waals surface area contributed by atoms with Crippen LogP contribution < -0.4 is 10.6 Å². The molecule has 1 fully saturated rings. The second kappa shape index (κ2) is 11.5. The number of nitrogens with one attached hydrogen (secondary N) is 2. The van der Waals surface area contributed by atoms with E-state index >= 15 is 0 Å². The summed E-state index contributed by atoms with van der Waals surface area (Å²) in [5.74, 6) is -1.27. The topological polar surface area (TPSA) is 101 Å².